The van der Waals surface area contributed by atoms with E-state index in [2.05, 4.69) is 0 Å². The second kappa shape index (κ2) is 4.41. The maximum Gasteiger partial charge on any atom is 0.139 e. The summed E-state index contributed by atoms with van der Waals surface area (Å²) in [6, 6.07) is 3.19. The molecule has 0 saturated carbocycles. The number of rotatable bonds is 2. The Kier molecular flexibility index (Phi) is 3.72. The molecule has 1 nitrogen and oxygen atoms in total. The average molecular weight is 240 g/mol. The predicted octanol–water partition coefficient (Wildman–Crippen LogP) is 4.43. The lowest BCUT2D eigenvalue weighted by molar-refractivity contribution is 0.242. The zero-order valence-electron chi connectivity index (χ0n) is 7.27. The summed E-state index contributed by atoms with van der Waals surface area (Å²) in [5.74, 6) is 0.561. The molecule has 0 aliphatic carbocycles. The van der Waals surface area contributed by atoms with Gasteiger partial charge in [-0.15, -0.1) is 0 Å². The summed E-state index contributed by atoms with van der Waals surface area (Å²) in [4.78, 5) is 0. The second-order valence-corrected chi connectivity index (χ2v) is 4.08. The third-order valence-electron chi connectivity index (χ3n) is 1.34. The number of hydrogen-bond donors (Lipinski definition) is 0. The lowest BCUT2D eigenvalue weighted by Crippen LogP contribution is -2.05. The Morgan fingerprint density at radius 3 is 2.08 bits per heavy atom. The molecule has 1 rings (SSSR count). The van der Waals surface area contributed by atoms with E-state index in [1.165, 1.54) is 0 Å². The van der Waals surface area contributed by atoms with Gasteiger partial charge in [0.2, 0.25) is 0 Å². The smallest absolute Gasteiger partial charge is 0.139 e. The highest BCUT2D eigenvalue weighted by atomic mass is 35.5. The summed E-state index contributed by atoms with van der Waals surface area (Å²) in [7, 11) is 0. The van der Waals surface area contributed by atoms with E-state index in [4.69, 9.17) is 39.5 Å². The first-order valence-corrected chi connectivity index (χ1v) is 4.95. The molecule has 0 heterocycles. The highest BCUT2D eigenvalue weighted by Crippen LogP contribution is 2.34. The second-order valence-electron chi connectivity index (χ2n) is 2.86. The number of halogens is 3. The third-order valence-corrected chi connectivity index (χ3v) is 2.35. The summed E-state index contributed by atoms with van der Waals surface area (Å²) >= 11 is 17.4. The molecule has 72 valence electrons. The zero-order valence-corrected chi connectivity index (χ0v) is 9.54. The monoisotopic (exact) mass is 238 g/mol. The molecule has 0 aliphatic rings. The first-order chi connectivity index (χ1) is 6.00. The van der Waals surface area contributed by atoms with E-state index in [-0.39, 0.29) is 6.10 Å². The molecule has 1 aromatic carbocycles. The van der Waals surface area contributed by atoms with Crippen LogP contribution in [0.1, 0.15) is 13.8 Å². The molecular formula is C9H9Cl3O. The molecular weight excluding hydrogens is 230 g/mol. The SMILES string of the molecule is CC(C)Oc1cc(Cl)c(Cl)cc1Cl. The fraction of sp³-hybridized carbons (Fsp3) is 0.333. The lowest BCUT2D eigenvalue weighted by atomic mass is 10.3. The Bertz CT molecular complexity index is 310. The zero-order chi connectivity index (χ0) is 10.0. The van der Waals surface area contributed by atoms with Gasteiger partial charge < -0.3 is 4.74 Å². The van der Waals surface area contributed by atoms with Gasteiger partial charge in [0.05, 0.1) is 21.2 Å². The van der Waals surface area contributed by atoms with Crippen molar-refractivity contribution in [1.29, 1.82) is 0 Å². The number of benzene rings is 1. The topological polar surface area (TPSA) is 9.23 Å². The lowest BCUT2D eigenvalue weighted by Gasteiger charge is -2.11. The van der Waals surface area contributed by atoms with Crippen molar-refractivity contribution in [2.24, 2.45) is 0 Å². The molecule has 0 bridgehead atoms. The molecule has 0 aromatic heterocycles. The summed E-state index contributed by atoms with van der Waals surface area (Å²) in [5, 5.41) is 1.35. The average Bonchev–Trinajstić information content (AvgIpc) is 1.99. The molecule has 1 aromatic rings. The predicted molar refractivity (Wildman–Crippen MR) is 57.2 cm³/mol. The summed E-state index contributed by atoms with van der Waals surface area (Å²) < 4.78 is 5.41. The summed E-state index contributed by atoms with van der Waals surface area (Å²) in [6.07, 6.45) is 0.0646. The van der Waals surface area contributed by atoms with E-state index in [1.807, 2.05) is 13.8 Å². The molecule has 0 saturated heterocycles. The Hall–Kier alpha value is -0.110. The minimum Gasteiger partial charge on any atom is -0.489 e. The molecule has 0 fully saturated rings. The van der Waals surface area contributed by atoms with Crippen LogP contribution in [0.5, 0.6) is 5.75 Å². The Morgan fingerprint density at radius 2 is 1.54 bits per heavy atom. The van der Waals surface area contributed by atoms with Crippen molar-refractivity contribution in [3.8, 4) is 5.75 Å². The minimum absolute atomic E-state index is 0.0646. The van der Waals surface area contributed by atoms with E-state index < -0.39 is 0 Å². The fourth-order valence-electron chi connectivity index (χ4n) is 0.849. The van der Waals surface area contributed by atoms with Crippen molar-refractivity contribution in [2.75, 3.05) is 0 Å². The van der Waals surface area contributed by atoms with Gasteiger partial charge in [0.25, 0.3) is 0 Å². The summed E-state index contributed by atoms with van der Waals surface area (Å²) in [5.41, 5.74) is 0. The van der Waals surface area contributed by atoms with Gasteiger partial charge in [0, 0.05) is 6.07 Å². The van der Waals surface area contributed by atoms with Crippen LogP contribution < -0.4 is 4.74 Å². The molecule has 0 atom stereocenters. The van der Waals surface area contributed by atoms with Crippen molar-refractivity contribution in [2.45, 2.75) is 20.0 Å². The van der Waals surface area contributed by atoms with Crippen LogP contribution in [0.3, 0.4) is 0 Å². The van der Waals surface area contributed by atoms with Crippen LogP contribution in [0.25, 0.3) is 0 Å². The van der Waals surface area contributed by atoms with Gasteiger partial charge in [-0.05, 0) is 19.9 Å². The van der Waals surface area contributed by atoms with Crippen LogP contribution in [0.2, 0.25) is 15.1 Å². The molecule has 13 heavy (non-hydrogen) atoms. The third kappa shape index (κ3) is 2.94. The van der Waals surface area contributed by atoms with Gasteiger partial charge in [0.15, 0.2) is 0 Å². The molecule has 0 amide bonds. The van der Waals surface area contributed by atoms with Crippen molar-refractivity contribution in [1.82, 2.24) is 0 Å². The van der Waals surface area contributed by atoms with Gasteiger partial charge in [-0.1, -0.05) is 34.8 Å². The highest BCUT2D eigenvalue weighted by Gasteiger charge is 2.07. The molecule has 0 aliphatic heterocycles. The molecule has 0 unspecified atom stereocenters. The quantitative estimate of drug-likeness (QED) is 0.694. The van der Waals surface area contributed by atoms with Crippen molar-refractivity contribution >= 4 is 34.8 Å². The van der Waals surface area contributed by atoms with Gasteiger partial charge in [-0.3, -0.25) is 0 Å². The first-order valence-electron chi connectivity index (χ1n) is 3.82. The normalized spacial score (nSPS) is 10.6. The van der Waals surface area contributed by atoms with Crippen LogP contribution in [-0.2, 0) is 0 Å². The van der Waals surface area contributed by atoms with Crippen molar-refractivity contribution < 1.29 is 4.74 Å². The van der Waals surface area contributed by atoms with E-state index in [9.17, 15) is 0 Å². The minimum atomic E-state index is 0.0646. The Morgan fingerprint density at radius 1 is 1.00 bits per heavy atom. The number of hydrogen-bond acceptors (Lipinski definition) is 1. The van der Waals surface area contributed by atoms with E-state index in [1.54, 1.807) is 12.1 Å². The van der Waals surface area contributed by atoms with Gasteiger partial charge in [-0.25, -0.2) is 0 Å². The van der Waals surface area contributed by atoms with Crippen LogP contribution >= 0.6 is 34.8 Å². The van der Waals surface area contributed by atoms with Crippen LogP contribution in [0.4, 0.5) is 0 Å². The van der Waals surface area contributed by atoms with Crippen LogP contribution in [0.15, 0.2) is 12.1 Å². The first kappa shape index (κ1) is 11.0. The van der Waals surface area contributed by atoms with Gasteiger partial charge in [-0.2, -0.15) is 0 Å². The van der Waals surface area contributed by atoms with Crippen molar-refractivity contribution in [3.05, 3.63) is 27.2 Å². The van der Waals surface area contributed by atoms with Gasteiger partial charge in [0.1, 0.15) is 5.75 Å². The van der Waals surface area contributed by atoms with Crippen LogP contribution in [0, 0.1) is 0 Å². The standard InChI is InChI=1S/C9H9Cl3O/c1-5(2)13-9-4-7(11)6(10)3-8(9)12/h3-5H,1-2H3. The molecule has 0 spiro atoms. The Labute approximate surface area is 92.5 Å². The van der Waals surface area contributed by atoms with Gasteiger partial charge >= 0.3 is 0 Å². The fourth-order valence-corrected chi connectivity index (χ4v) is 1.43. The Balaban J connectivity index is 3.01. The maximum absolute atomic E-state index is 5.88. The molecule has 0 N–H and O–H groups in total. The largest absolute Gasteiger partial charge is 0.489 e. The highest BCUT2D eigenvalue weighted by molar-refractivity contribution is 6.43. The van der Waals surface area contributed by atoms with E-state index in [0.29, 0.717) is 20.8 Å². The van der Waals surface area contributed by atoms with E-state index >= 15 is 0 Å². The molecule has 0 radical (unpaired) electrons. The van der Waals surface area contributed by atoms with Crippen LogP contribution in [-0.4, -0.2) is 6.10 Å². The van der Waals surface area contributed by atoms with E-state index in [0.717, 1.165) is 0 Å². The summed E-state index contributed by atoms with van der Waals surface area (Å²) in [6.45, 7) is 3.83. The number of ether oxygens (including phenoxy) is 1. The molecule has 4 heteroatoms. The maximum atomic E-state index is 5.88. The van der Waals surface area contributed by atoms with Crippen molar-refractivity contribution in [3.63, 3.8) is 0 Å².